The van der Waals surface area contributed by atoms with Gasteiger partial charge in [-0.05, 0) is 13.8 Å². The van der Waals surface area contributed by atoms with Gasteiger partial charge in [0, 0.05) is 0 Å². The molecule has 0 spiro atoms. The summed E-state index contributed by atoms with van der Waals surface area (Å²) in [6, 6.07) is 0. The van der Waals surface area contributed by atoms with E-state index in [0.717, 1.165) is 0 Å². The van der Waals surface area contributed by atoms with E-state index in [-0.39, 0.29) is 35.0 Å². The number of aliphatic carboxylic acids is 1. The van der Waals surface area contributed by atoms with Gasteiger partial charge in [-0.25, -0.2) is 0 Å². The summed E-state index contributed by atoms with van der Waals surface area (Å²) in [5.41, 5.74) is -1.63. The summed E-state index contributed by atoms with van der Waals surface area (Å²) in [5.74, 6) is -1.66. The van der Waals surface area contributed by atoms with E-state index in [1.54, 1.807) is 0 Å². The van der Waals surface area contributed by atoms with Gasteiger partial charge in [-0.3, -0.25) is 0 Å². The number of hydrogen-bond donors (Lipinski definition) is 2. The predicted octanol–water partition coefficient (Wildman–Crippen LogP) is -5.95. The average Bonchev–Trinajstić information content (AvgIpc) is 1.62. The largest absolute Gasteiger partial charge is 1.00 e. The van der Waals surface area contributed by atoms with Gasteiger partial charge in [0.05, 0.1) is 11.6 Å². The van der Waals surface area contributed by atoms with Crippen LogP contribution in [0.3, 0.4) is 0 Å². The third-order valence-electron chi connectivity index (χ3n) is 0.892. The van der Waals surface area contributed by atoms with Gasteiger partial charge in [0.15, 0.2) is 0 Å². The van der Waals surface area contributed by atoms with Crippen molar-refractivity contribution in [1.29, 1.82) is 0 Å². The molecule has 5 nitrogen and oxygen atoms in total. The molecule has 0 fully saturated rings. The molecule has 0 saturated heterocycles. The van der Waals surface area contributed by atoms with E-state index in [1.807, 2.05) is 0 Å². The fourth-order valence-electron chi connectivity index (χ4n) is 0.288. The third-order valence-corrected chi connectivity index (χ3v) is 0.892. The van der Waals surface area contributed by atoms with Crippen LogP contribution in [0.25, 0.3) is 0 Å². The van der Waals surface area contributed by atoms with Crippen LogP contribution in [0.15, 0.2) is 0 Å². The molecule has 0 bridgehead atoms. The van der Waals surface area contributed by atoms with Gasteiger partial charge in [-0.1, -0.05) is 0 Å². The number of carboxylic acids is 1. The first-order valence-electron chi connectivity index (χ1n) is 2.47. The summed E-state index contributed by atoms with van der Waals surface area (Å²) in [7, 11) is 0. The number of hydrogen-bond acceptors (Lipinski definition) is 4. The molecule has 0 aliphatic rings. The number of carbonyl (C=O) groups is 1. The second kappa shape index (κ2) is 5.93. The molecule has 0 unspecified atom stereocenters. The summed E-state index contributed by atoms with van der Waals surface area (Å²) in [4.78, 5) is 9.82. The summed E-state index contributed by atoms with van der Waals surface area (Å²) < 4.78 is 0. The van der Waals surface area contributed by atoms with Gasteiger partial charge in [0.2, 0.25) is 0 Å². The Balaban J connectivity index is -0.000000320. The zero-order chi connectivity index (χ0) is 7.65. The molecule has 6 heteroatoms. The number of rotatable bonds is 2. The van der Waals surface area contributed by atoms with Crippen molar-refractivity contribution >= 4 is 5.97 Å². The SMILES string of the molecule is CC(C)(O)[C@H](O)C(=O)[O-].O.[Na+]. The second-order valence-electron chi connectivity index (χ2n) is 2.38. The van der Waals surface area contributed by atoms with E-state index >= 15 is 0 Å². The number of carboxylic acid groups (broad SMARTS) is 1. The summed E-state index contributed by atoms with van der Waals surface area (Å²) >= 11 is 0. The third kappa shape index (κ3) is 6.74. The molecule has 0 saturated carbocycles. The molecule has 0 aliphatic carbocycles. The van der Waals surface area contributed by atoms with E-state index < -0.39 is 17.7 Å². The molecule has 0 aliphatic heterocycles. The maximum atomic E-state index is 9.82. The van der Waals surface area contributed by atoms with Gasteiger partial charge in [-0.2, -0.15) is 0 Å². The Hall–Kier alpha value is 0.350. The van der Waals surface area contributed by atoms with Crippen LogP contribution in [-0.2, 0) is 4.79 Å². The quantitative estimate of drug-likeness (QED) is 0.406. The van der Waals surface area contributed by atoms with Crippen LogP contribution in [0.2, 0.25) is 0 Å². The molecule has 0 rings (SSSR count). The van der Waals surface area contributed by atoms with Gasteiger partial charge in [-0.15, -0.1) is 0 Å². The molecule has 1 atom stereocenters. The topological polar surface area (TPSA) is 112 Å². The Morgan fingerprint density at radius 2 is 1.82 bits per heavy atom. The van der Waals surface area contributed by atoms with Gasteiger partial charge in [0.25, 0.3) is 0 Å². The first kappa shape index (κ1) is 17.4. The van der Waals surface area contributed by atoms with E-state index in [1.165, 1.54) is 13.8 Å². The number of aliphatic hydroxyl groups is 2. The first-order chi connectivity index (χ1) is 3.85. The van der Waals surface area contributed by atoms with Crippen molar-refractivity contribution in [2.45, 2.75) is 25.6 Å². The smallest absolute Gasteiger partial charge is 0.547 e. The van der Waals surface area contributed by atoms with Crippen molar-refractivity contribution in [3.63, 3.8) is 0 Å². The minimum atomic E-state index is -1.82. The fourth-order valence-corrected chi connectivity index (χ4v) is 0.288. The molecule has 0 aromatic rings. The molecule has 0 aromatic heterocycles. The number of carbonyl (C=O) groups excluding carboxylic acids is 1. The van der Waals surface area contributed by atoms with Crippen LogP contribution in [0.4, 0.5) is 0 Å². The normalized spacial score (nSPS) is 12.4. The average molecular weight is 174 g/mol. The number of aliphatic hydroxyl groups excluding tert-OH is 1. The Labute approximate surface area is 86.6 Å². The Morgan fingerprint density at radius 1 is 1.55 bits per heavy atom. The predicted molar refractivity (Wildman–Crippen MR) is 30.9 cm³/mol. The molecule has 0 radical (unpaired) electrons. The van der Waals surface area contributed by atoms with Crippen molar-refractivity contribution in [3.05, 3.63) is 0 Å². The Morgan fingerprint density at radius 3 is 1.82 bits per heavy atom. The van der Waals surface area contributed by atoms with Gasteiger partial charge >= 0.3 is 29.6 Å². The fraction of sp³-hybridized carbons (Fsp3) is 0.800. The maximum Gasteiger partial charge on any atom is 1.00 e. The van der Waals surface area contributed by atoms with Crippen molar-refractivity contribution < 1.29 is 55.1 Å². The molecule has 0 aromatic carbocycles. The van der Waals surface area contributed by atoms with E-state index in [0.29, 0.717) is 0 Å². The monoisotopic (exact) mass is 174 g/mol. The van der Waals surface area contributed by atoms with E-state index in [2.05, 4.69) is 0 Å². The molecule has 0 heterocycles. The Kier molecular flexibility index (Phi) is 9.40. The first-order valence-corrected chi connectivity index (χ1v) is 2.47. The van der Waals surface area contributed by atoms with Gasteiger partial charge in [0.1, 0.15) is 6.10 Å². The molecular weight excluding hydrogens is 163 g/mol. The second-order valence-corrected chi connectivity index (χ2v) is 2.38. The van der Waals surface area contributed by atoms with Crippen molar-refractivity contribution in [2.75, 3.05) is 0 Å². The Bertz CT molecular complexity index is 119. The van der Waals surface area contributed by atoms with Gasteiger partial charge < -0.3 is 25.6 Å². The molecular formula is C5H11NaO5. The molecule has 4 N–H and O–H groups in total. The van der Waals surface area contributed by atoms with Crippen LogP contribution in [0, 0.1) is 0 Å². The summed E-state index contributed by atoms with van der Waals surface area (Å²) in [6.45, 7) is 2.38. The molecule has 11 heavy (non-hydrogen) atoms. The van der Waals surface area contributed by atoms with E-state index in [4.69, 9.17) is 10.2 Å². The summed E-state index contributed by atoms with van der Waals surface area (Å²) in [5, 5.41) is 27.2. The van der Waals surface area contributed by atoms with Crippen LogP contribution >= 0.6 is 0 Å². The molecule has 62 valence electrons. The standard InChI is InChI=1S/C5H10O4.Na.H2O/c1-5(2,9)3(6)4(7)8;;/h3,6,9H,1-2H3,(H,7,8);;1H2/q;+1;/p-1/t3-;;/m1../s1. The van der Waals surface area contributed by atoms with Crippen LogP contribution in [0.5, 0.6) is 0 Å². The van der Waals surface area contributed by atoms with Crippen LogP contribution in [0.1, 0.15) is 13.8 Å². The van der Waals surface area contributed by atoms with Crippen molar-refractivity contribution in [3.8, 4) is 0 Å². The van der Waals surface area contributed by atoms with Crippen molar-refractivity contribution in [1.82, 2.24) is 0 Å². The van der Waals surface area contributed by atoms with Crippen LogP contribution in [-0.4, -0.2) is 33.4 Å². The zero-order valence-electron chi connectivity index (χ0n) is 6.79. The minimum Gasteiger partial charge on any atom is -0.547 e. The maximum absolute atomic E-state index is 9.82. The minimum absolute atomic E-state index is 0. The van der Waals surface area contributed by atoms with Crippen molar-refractivity contribution in [2.24, 2.45) is 0 Å². The van der Waals surface area contributed by atoms with Crippen LogP contribution < -0.4 is 34.7 Å². The summed E-state index contributed by atoms with van der Waals surface area (Å²) in [6.07, 6.45) is -1.82. The zero-order valence-corrected chi connectivity index (χ0v) is 8.79. The van der Waals surface area contributed by atoms with E-state index in [9.17, 15) is 9.90 Å². The molecule has 0 amide bonds.